The molecule has 1 unspecified atom stereocenters. The van der Waals surface area contributed by atoms with Gasteiger partial charge >= 0.3 is 0 Å². The van der Waals surface area contributed by atoms with E-state index in [1.807, 2.05) is 0 Å². The fourth-order valence-electron chi connectivity index (χ4n) is 2.94. The Morgan fingerprint density at radius 1 is 1.50 bits per heavy atom. The molecule has 4 nitrogen and oxygen atoms in total. The van der Waals surface area contributed by atoms with Gasteiger partial charge in [0.1, 0.15) is 5.82 Å². The van der Waals surface area contributed by atoms with Crippen molar-refractivity contribution >= 4 is 5.82 Å². The second kappa shape index (κ2) is 4.86. The maximum absolute atomic E-state index is 5.89. The minimum Gasteiger partial charge on any atom is -0.375 e. The summed E-state index contributed by atoms with van der Waals surface area (Å²) in [5, 5.41) is 0. The molecule has 0 saturated carbocycles. The summed E-state index contributed by atoms with van der Waals surface area (Å²) >= 11 is 0. The van der Waals surface area contributed by atoms with E-state index >= 15 is 0 Å². The van der Waals surface area contributed by atoms with Crippen molar-refractivity contribution in [1.29, 1.82) is 0 Å². The Hall–Kier alpha value is -1.13. The lowest BCUT2D eigenvalue weighted by Crippen LogP contribution is -2.42. The SMILES string of the molecule is CC1CN(c2nc3c(cc2CN)CCC3)CCO1. The van der Waals surface area contributed by atoms with Crippen LogP contribution in [-0.4, -0.2) is 30.8 Å². The van der Waals surface area contributed by atoms with Gasteiger partial charge in [-0.3, -0.25) is 0 Å². The van der Waals surface area contributed by atoms with Gasteiger partial charge in [-0.2, -0.15) is 0 Å². The fourth-order valence-corrected chi connectivity index (χ4v) is 2.94. The summed E-state index contributed by atoms with van der Waals surface area (Å²) in [6.07, 6.45) is 3.79. The standard InChI is InChI=1S/C14H21N3O/c1-10-9-17(5-6-18-10)14-12(8-15)7-11-3-2-4-13(11)16-14/h7,10H,2-6,8-9,15H2,1H3. The molecule has 1 saturated heterocycles. The third kappa shape index (κ3) is 2.10. The monoisotopic (exact) mass is 247 g/mol. The van der Waals surface area contributed by atoms with Crippen LogP contribution in [0.4, 0.5) is 5.82 Å². The van der Waals surface area contributed by atoms with Crippen molar-refractivity contribution in [2.45, 2.75) is 38.8 Å². The molecule has 2 aliphatic rings. The molecule has 3 rings (SSSR count). The molecule has 98 valence electrons. The number of ether oxygens (including phenoxy) is 1. The van der Waals surface area contributed by atoms with Gasteiger partial charge < -0.3 is 15.4 Å². The predicted octanol–water partition coefficient (Wildman–Crippen LogP) is 1.25. The van der Waals surface area contributed by atoms with Crippen LogP contribution in [-0.2, 0) is 24.1 Å². The van der Waals surface area contributed by atoms with E-state index in [0.29, 0.717) is 6.54 Å². The first kappa shape index (κ1) is 11.9. The molecule has 0 amide bonds. The average Bonchev–Trinajstić information content (AvgIpc) is 2.84. The van der Waals surface area contributed by atoms with E-state index in [0.717, 1.165) is 38.4 Å². The number of hydrogen-bond donors (Lipinski definition) is 1. The van der Waals surface area contributed by atoms with E-state index in [1.54, 1.807) is 0 Å². The van der Waals surface area contributed by atoms with E-state index in [1.165, 1.54) is 23.2 Å². The molecule has 4 heteroatoms. The highest BCUT2D eigenvalue weighted by Crippen LogP contribution is 2.28. The fraction of sp³-hybridized carbons (Fsp3) is 0.643. The summed E-state index contributed by atoms with van der Waals surface area (Å²) in [5.74, 6) is 1.09. The Bertz CT molecular complexity index is 447. The third-order valence-electron chi connectivity index (χ3n) is 3.87. The molecule has 1 aromatic rings. The third-order valence-corrected chi connectivity index (χ3v) is 3.87. The average molecular weight is 247 g/mol. The highest BCUT2D eigenvalue weighted by molar-refractivity contribution is 5.51. The first-order chi connectivity index (χ1) is 8.78. The Kier molecular flexibility index (Phi) is 3.22. The number of anilines is 1. The van der Waals surface area contributed by atoms with E-state index in [2.05, 4.69) is 17.9 Å². The van der Waals surface area contributed by atoms with E-state index in [4.69, 9.17) is 15.5 Å². The number of morpholine rings is 1. The van der Waals surface area contributed by atoms with Gasteiger partial charge in [-0.05, 0) is 37.8 Å². The van der Waals surface area contributed by atoms with Crippen LogP contribution in [0.1, 0.15) is 30.2 Å². The van der Waals surface area contributed by atoms with Gasteiger partial charge in [-0.15, -0.1) is 0 Å². The molecule has 1 atom stereocenters. The van der Waals surface area contributed by atoms with Crippen LogP contribution in [0.15, 0.2) is 6.07 Å². The number of nitrogens with two attached hydrogens (primary N) is 1. The van der Waals surface area contributed by atoms with Gasteiger partial charge in [0.2, 0.25) is 0 Å². The minimum atomic E-state index is 0.277. The van der Waals surface area contributed by atoms with Gasteiger partial charge in [0, 0.05) is 30.9 Å². The number of nitrogens with zero attached hydrogens (tertiary/aromatic N) is 2. The molecule has 0 radical (unpaired) electrons. The van der Waals surface area contributed by atoms with Crippen LogP contribution in [0.5, 0.6) is 0 Å². The van der Waals surface area contributed by atoms with E-state index in [9.17, 15) is 0 Å². The highest BCUT2D eigenvalue weighted by atomic mass is 16.5. The summed E-state index contributed by atoms with van der Waals surface area (Å²) in [5.41, 5.74) is 9.76. The smallest absolute Gasteiger partial charge is 0.133 e. The minimum absolute atomic E-state index is 0.277. The number of fused-ring (bicyclic) bond motifs is 1. The van der Waals surface area contributed by atoms with Crippen LogP contribution in [0.3, 0.4) is 0 Å². The lowest BCUT2D eigenvalue weighted by Gasteiger charge is -2.33. The Morgan fingerprint density at radius 2 is 2.39 bits per heavy atom. The van der Waals surface area contributed by atoms with E-state index < -0.39 is 0 Å². The van der Waals surface area contributed by atoms with Crippen molar-refractivity contribution in [2.24, 2.45) is 5.73 Å². The number of rotatable bonds is 2. The summed E-state index contributed by atoms with van der Waals surface area (Å²) in [7, 11) is 0. The molecule has 0 aromatic carbocycles. The van der Waals surface area contributed by atoms with Gasteiger partial charge in [-0.25, -0.2) is 4.98 Å². The van der Waals surface area contributed by atoms with Crippen LogP contribution in [0, 0.1) is 0 Å². The second-order valence-electron chi connectivity index (χ2n) is 5.26. The molecule has 1 aliphatic heterocycles. The zero-order valence-electron chi connectivity index (χ0n) is 11.0. The molecule has 1 aliphatic carbocycles. The quantitative estimate of drug-likeness (QED) is 0.854. The maximum atomic E-state index is 5.89. The predicted molar refractivity (Wildman–Crippen MR) is 71.8 cm³/mol. The highest BCUT2D eigenvalue weighted by Gasteiger charge is 2.23. The Morgan fingerprint density at radius 3 is 3.17 bits per heavy atom. The van der Waals surface area contributed by atoms with Crippen molar-refractivity contribution in [3.8, 4) is 0 Å². The summed E-state index contributed by atoms with van der Waals surface area (Å²) in [4.78, 5) is 7.20. The first-order valence-corrected chi connectivity index (χ1v) is 6.86. The Labute approximate surface area is 108 Å². The van der Waals surface area contributed by atoms with Gasteiger partial charge in [0.15, 0.2) is 0 Å². The van der Waals surface area contributed by atoms with Crippen molar-refractivity contribution < 1.29 is 4.74 Å². The zero-order valence-corrected chi connectivity index (χ0v) is 11.0. The summed E-state index contributed by atoms with van der Waals surface area (Å²) in [6.45, 7) is 5.30. The summed E-state index contributed by atoms with van der Waals surface area (Å²) < 4.78 is 5.59. The van der Waals surface area contributed by atoms with Crippen molar-refractivity contribution in [2.75, 3.05) is 24.6 Å². The van der Waals surface area contributed by atoms with Gasteiger partial charge in [-0.1, -0.05) is 0 Å². The number of aromatic nitrogens is 1. The second-order valence-corrected chi connectivity index (χ2v) is 5.26. The topological polar surface area (TPSA) is 51.4 Å². The molecule has 1 aromatic heterocycles. The molecule has 0 bridgehead atoms. The van der Waals surface area contributed by atoms with Crippen LogP contribution < -0.4 is 10.6 Å². The van der Waals surface area contributed by atoms with Crippen molar-refractivity contribution in [3.05, 3.63) is 22.9 Å². The maximum Gasteiger partial charge on any atom is 0.133 e. The lowest BCUT2D eigenvalue weighted by molar-refractivity contribution is 0.0529. The zero-order chi connectivity index (χ0) is 12.5. The summed E-state index contributed by atoms with van der Waals surface area (Å²) in [6, 6.07) is 2.27. The number of pyridine rings is 1. The van der Waals surface area contributed by atoms with Crippen LogP contribution in [0.2, 0.25) is 0 Å². The first-order valence-electron chi connectivity index (χ1n) is 6.86. The molecule has 0 spiro atoms. The molecule has 2 heterocycles. The van der Waals surface area contributed by atoms with Crippen molar-refractivity contribution in [1.82, 2.24) is 4.98 Å². The van der Waals surface area contributed by atoms with Crippen molar-refractivity contribution in [3.63, 3.8) is 0 Å². The molecule has 1 fully saturated rings. The number of aryl methyl sites for hydroxylation is 2. The molecular weight excluding hydrogens is 226 g/mol. The molecule has 18 heavy (non-hydrogen) atoms. The van der Waals surface area contributed by atoms with Gasteiger partial charge in [0.05, 0.1) is 12.7 Å². The Balaban J connectivity index is 1.94. The normalized spacial score (nSPS) is 23.2. The van der Waals surface area contributed by atoms with Crippen LogP contribution in [0.25, 0.3) is 0 Å². The number of hydrogen-bond acceptors (Lipinski definition) is 4. The largest absolute Gasteiger partial charge is 0.375 e. The molecule has 2 N–H and O–H groups in total. The lowest BCUT2D eigenvalue weighted by atomic mass is 10.1. The van der Waals surface area contributed by atoms with Gasteiger partial charge in [0.25, 0.3) is 0 Å². The van der Waals surface area contributed by atoms with Crippen LogP contribution >= 0.6 is 0 Å². The van der Waals surface area contributed by atoms with E-state index in [-0.39, 0.29) is 6.10 Å². The molecular formula is C14H21N3O.